The van der Waals surface area contributed by atoms with Gasteiger partial charge < -0.3 is 20.1 Å². The van der Waals surface area contributed by atoms with Crippen LogP contribution < -0.4 is 20.1 Å². The molecule has 1 aromatic heterocycles. The van der Waals surface area contributed by atoms with Crippen LogP contribution in [0.3, 0.4) is 0 Å². The average Bonchev–Trinajstić information content (AvgIpc) is 3.29. The molecule has 2 aromatic carbocycles. The van der Waals surface area contributed by atoms with Gasteiger partial charge in [0.05, 0.1) is 14.2 Å². The quantitative estimate of drug-likeness (QED) is 0.430. The van der Waals surface area contributed by atoms with Gasteiger partial charge in [-0.1, -0.05) is 24.3 Å². The molecule has 0 saturated carbocycles. The van der Waals surface area contributed by atoms with Crippen LogP contribution in [0.15, 0.2) is 53.8 Å². The van der Waals surface area contributed by atoms with Gasteiger partial charge >= 0.3 is 0 Å². The van der Waals surface area contributed by atoms with E-state index in [4.69, 9.17) is 9.47 Å². The molecule has 0 spiro atoms. The Hall–Kier alpha value is -3.55. The fourth-order valence-corrected chi connectivity index (χ4v) is 2.76. The Morgan fingerprint density at radius 1 is 1.00 bits per heavy atom. The minimum Gasteiger partial charge on any atom is -0.493 e. The Bertz CT molecular complexity index is 924. The van der Waals surface area contributed by atoms with Crippen molar-refractivity contribution in [1.29, 1.82) is 0 Å². The molecule has 3 N–H and O–H groups in total. The van der Waals surface area contributed by atoms with Crippen molar-refractivity contribution >= 4 is 5.96 Å². The van der Waals surface area contributed by atoms with Crippen molar-refractivity contribution in [2.45, 2.75) is 13.1 Å². The number of aromatic nitrogens is 3. The van der Waals surface area contributed by atoms with E-state index < -0.39 is 0 Å². The summed E-state index contributed by atoms with van der Waals surface area (Å²) in [5, 5.41) is 13.4. The largest absolute Gasteiger partial charge is 0.493 e. The van der Waals surface area contributed by atoms with Crippen LogP contribution in [0.2, 0.25) is 0 Å². The molecule has 0 amide bonds. The number of H-pyrrole nitrogens is 1. The molecule has 0 saturated heterocycles. The van der Waals surface area contributed by atoms with E-state index in [-0.39, 0.29) is 0 Å². The van der Waals surface area contributed by atoms with Crippen LogP contribution in [0.4, 0.5) is 0 Å². The first-order valence-electron chi connectivity index (χ1n) is 8.83. The van der Waals surface area contributed by atoms with E-state index in [1.807, 2.05) is 30.3 Å². The predicted octanol–water partition coefficient (Wildman–Crippen LogP) is 2.35. The van der Waals surface area contributed by atoms with Gasteiger partial charge in [-0.25, -0.2) is 4.98 Å². The van der Waals surface area contributed by atoms with Gasteiger partial charge in [0.2, 0.25) is 0 Å². The maximum atomic E-state index is 5.35. The summed E-state index contributed by atoms with van der Waals surface area (Å²) in [5.74, 6) is 2.87. The molecule has 8 heteroatoms. The van der Waals surface area contributed by atoms with Crippen molar-refractivity contribution in [2.24, 2.45) is 4.99 Å². The van der Waals surface area contributed by atoms with Crippen molar-refractivity contribution in [1.82, 2.24) is 25.8 Å². The molecule has 28 heavy (non-hydrogen) atoms. The molecule has 0 atom stereocenters. The number of rotatable bonds is 7. The lowest BCUT2D eigenvalue weighted by molar-refractivity contribution is 0.354. The summed E-state index contributed by atoms with van der Waals surface area (Å²) in [5.41, 5.74) is 3.17. The second kappa shape index (κ2) is 9.40. The summed E-state index contributed by atoms with van der Waals surface area (Å²) in [7, 11) is 5.00. The van der Waals surface area contributed by atoms with E-state index in [1.165, 1.54) is 6.33 Å². The lowest BCUT2D eigenvalue weighted by Gasteiger charge is -2.14. The molecular formula is C20H24N6O2. The standard InChI is InChI=1S/C20H24N6O2/c1-21-20(23-12-15-7-8-17(27-2)18(10-15)28-3)22-11-14-5-4-6-16(9-14)19-24-13-25-26-19/h4-10,13H,11-12H2,1-3H3,(H2,21,22,23)(H,24,25,26). The molecular weight excluding hydrogens is 356 g/mol. The Kier molecular flexibility index (Phi) is 6.46. The Balaban J connectivity index is 1.58. The number of guanidine groups is 1. The van der Waals surface area contributed by atoms with Crippen molar-refractivity contribution in [3.63, 3.8) is 0 Å². The molecule has 0 unspecified atom stereocenters. The number of hydrogen-bond acceptors (Lipinski definition) is 5. The second-order valence-corrected chi connectivity index (χ2v) is 6.00. The van der Waals surface area contributed by atoms with Crippen molar-refractivity contribution in [3.8, 4) is 22.9 Å². The van der Waals surface area contributed by atoms with Gasteiger partial charge in [-0.15, -0.1) is 0 Å². The van der Waals surface area contributed by atoms with Gasteiger partial charge in [0.15, 0.2) is 23.3 Å². The molecule has 1 heterocycles. The van der Waals surface area contributed by atoms with Crippen LogP contribution in [-0.4, -0.2) is 42.4 Å². The molecule has 0 radical (unpaired) electrons. The third-order valence-corrected chi connectivity index (χ3v) is 4.21. The number of methoxy groups -OCH3 is 2. The van der Waals surface area contributed by atoms with Crippen LogP contribution in [-0.2, 0) is 13.1 Å². The highest BCUT2D eigenvalue weighted by molar-refractivity contribution is 5.79. The zero-order valence-electron chi connectivity index (χ0n) is 16.2. The summed E-state index contributed by atoms with van der Waals surface area (Å²) in [6, 6.07) is 13.9. The second-order valence-electron chi connectivity index (χ2n) is 6.00. The number of nitrogens with zero attached hydrogens (tertiary/aromatic N) is 3. The van der Waals surface area contributed by atoms with E-state index >= 15 is 0 Å². The van der Waals surface area contributed by atoms with Crippen LogP contribution in [0.25, 0.3) is 11.4 Å². The highest BCUT2D eigenvalue weighted by Gasteiger charge is 2.06. The smallest absolute Gasteiger partial charge is 0.191 e. The lowest BCUT2D eigenvalue weighted by atomic mass is 10.1. The average molecular weight is 380 g/mol. The molecule has 0 fully saturated rings. The fraction of sp³-hybridized carbons (Fsp3) is 0.250. The summed E-state index contributed by atoms with van der Waals surface area (Å²) in [4.78, 5) is 8.46. The Morgan fingerprint density at radius 2 is 1.75 bits per heavy atom. The molecule has 0 aliphatic carbocycles. The lowest BCUT2D eigenvalue weighted by Crippen LogP contribution is -2.36. The first-order chi connectivity index (χ1) is 13.7. The van der Waals surface area contributed by atoms with Gasteiger partial charge in [-0.05, 0) is 29.3 Å². The van der Waals surface area contributed by atoms with Gasteiger partial charge in [-0.2, -0.15) is 5.10 Å². The first kappa shape index (κ1) is 19.2. The van der Waals surface area contributed by atoms with E-state index in [9.17, 15) is 0 Å². The molecule has 0 aliphatic rings. The van der Waals surface area contributed by atoms with Crippen molar-refractivity contribution < 1.29 is 9.47 Å². The topological polar surface area (TPSA) is 96.5 Å². The summed E-state index contributed by atoms with van der Waals surface area (Å²) >= 11 is 0. The maximum Gasteiger partial charge on any atom is 0.191 e. The SMILES string of the molecule is CN=C(NCc1cccc(-c2ncn[nH]2)c1)NCc1ccc(OC)c(OC)c1. The minimum atomic E-state index is 0.609. The monoisotopic (exact) mass is 380 g/mol. The number of hydrogen-bond donors (Lipinski definition) is 3. The van der Waals surface area contributed by atoms with Crippen LogP contribution in [0.1, 0.15) is 11.1 Å². The highest BCUT2D eigenvalue weighted by atomic mass is 16.5. The van der Waals surface area contributed by atoms with E-state index in [0.29, 0.717) is 30.5 Å². The molecule has 3 rings (SSSR count). The Morgan fingerprint density at radius 3 is 2.39 bits per heavy atom. The normalized spacial score (nSPS) is 11.2. The highest BCUT2D eigenvalue weighted by Crippen LogP contribution is 2.27. The molecule has 0 bridgehead atoms. The number of nitrogens with one attached hydrogen (secondary N) is 3. The molecule has 0 aliphatic heterocycles. The molecule has 3 aromatic rings. The third-order valence-electron chi connectivity index (χ3n) is 4.21. The van der Waals surface area contributed by atoms with Crippen LogP contribution in [0.5, 0.6) is 11.5 Å². The third kappa shape index (κ3) is 4.79. The number of aromatic amines is 1. The molecule has 8 nitrogen and oxygen atoms in total. The van der Waals surface area contributed by atoms with Gasteiger partial charge in [0.1, 0.15) is 6.33 Å². The first-order valence-corrected chi connectivity index (χ1v) is 8.83. The van der Waals surface area contributed by atoms with Crippen LogP contribution >= 0.6 is 0 Å². The van der Waals surface area contributed by atoms with Gasteiger partial charge in [0.25, 0.3) is 0 Å². The summed E-state index contributed by atoms with van der Waals surface area (Å²) < 4.78 is 10.6. The summed E-state index contributed by atoms with van der Waals surface area (Å²) in [6.45, 7) is 1.24. The number of aliphatic imine (C=N–C) groups is 1. The van der Waals surface area contributed by atoms with Gasteiger partial charge in [-0.3, -0.25) is 10.1 Å². The minimum absolute atomic E-state index is 0.609. The number of benzene rings is 2. The zero-order chi connectivity index (χ0) is 19.8. The van der Waals surface area contributed by atoms with Crippen molar-refractivity contribution in [3.05, 3.63) is 59.9 Å². The van der Waals surface area contributed by atoms with E-state index in [0.717, 1.165) is 22.5 Å². The van der Waals surface area contributed by atoms with E-state index in [2.05, 4.69) is 42.9 Å². The van der Waals surface area contributed by atoms with Crippen LogP contribution in [0, 0.1) is 0 Å². The maximum absolute atomic E-state index is 5.35. The zero-order valence-corrected chi connectivity index (χ0v) is 16.2. The molecule has 146 valence electrons. The number of ether oxygens (including phenoxy) is 2. The fourth-order valence-electron chi connectivity index (χ4n) is 2.76. The van der Waals surface area contributed by atoms with E-state index in [1.54, 1.807) is 21.3 Å². The van der Waals surface area contributed by atoms with Gasteiger partial charge in [0, 0.05) is 25.7 Å². The Labute approximate surface area is 164 Å². The summed E-state index contributed by atoms with van der Waals surface area (Å²) in [6.07, 6.45) is 1.50. The predicted molar refractivity (Wildman–Crippen MR) is 108 cm³/mol. The van der Waals surface area contributed by atoms with Crippen molar-refractivity contribution in [2.75, 3.05) is 21.3 Å².